The van der Waals surface area contributed by atoms with E-state index in [4.69, 9.17) is 5.11 Å². The number of carbonyl (C=O) groups is 2. The second kappa shape index (κ2) is 7.47. The number of carboxylic acid groups (broad SMARTS) is 1. The van der Waals surface area contributed by atoms with E-state index in [1.165, 1.54) is 11.1 Å². The molecule has 0 saturated heterocycles. The number of aryl methyl sites for hydroxylation is 1. The first-order valence-corrected chi connectivity index (χ1v) is 8.38. The highest BCUT2D eigenvalue weighted by Gasteiger charge is 2.33. The average Bonchev–Trinajstić information content (AvgIpc) is 3.06. The minimum Gasteiger partial charge on any atom is -0.481 e. The summed E-state index contributed by atoms with van der Waals surface area (Å²) >= 11 is 0. The first-order valence-electron chi connectivity index (χ1n) is 8.38. The maximum absolute atomic E-state index is 14.1. The zero-order valence-corrected chi connectivity index (χ0v) is 14.4. The highest BCUT2D eigenvalue weighted by atomic mass is 19.1. The summed E-state index contributed by atoms with van der Waals surface area (Å²) in [5, 5.41) is 14.5. The summed E-state index contributed by atoms with van der Waals surface area (Å²) in [6.45, 7) is 1.97. The first kappa shape index (κ1) is 17.8. The molecule has 1 amide bonds. The number of hydrazone groups is 1. The lowest BCUT2D eigenvalue weighted by Gasteiger charge is -2.22. The number of carbonyl (C=O) groups excluding carboxylic acids is 1. The minimum absolute atomic E-state index is 0.147. The van der Waals surface area contributed by atoms with Crippen LogP contribution in [0, 0.1) is 12.7 Å². The van der Waals surface area contributed by atoms with Crippen LogP contribution in [0.5, 0.6) is 0 Å². The van der Waals surface area contributed by atoms with Gasteiger partial charge in [0.05, 0.1) is 18.2 Å². The molecule has 0 radical (unpaired) electrons. The van der Waals surface area contributed by atoms with Crippen LogP contribution < -0.4 is 0 Å². The van der Waals surface area contributed by atoms with Gasteiger partial charge in [0, 0.05) is 18.4 Å². The molecule has 2 aromatic rings. The highest BCUT2D eigenvalue weighted by molar-refractivity contribution is 6.03. The molecule has 1 atom stereocenters. The molecule has 1 N–H and O–H groups in total. The van der Waals surface area contributed by atoms with E-state index in [0.717, 1.165) is 11.1 Å². The minimum atomic E-state index is -1.04. The summed E-state index contributed by atoms with van der Waals surface area (Å²) in [7, 11) is 0. The molecule has 0 fully saturated rings. The van der Waals surface area contributed by atoms with Gasteiger partial charge in [0.1, 0.15) is 5.82 Å². The third-order valence-electron chi connectivity index (χ3n) is 4.37. The first-order chi connectivity index (χ1) is 12.5. The SMILES string of the molecule is Cc1ccc([C@H]2CC(c3ccccc3F)=NN2C(=O)CCC(=O)O)cc1. The molecule has 0 unspecified atom stereocenters. The van der Waals surface area contributed by atoms with Crippen molar-refractivity contribution >= 4 is 17.6 Å². The Kier molecular flexibility index (Phi) is 5.11. The molecule has 2 aromatic carbocycles. The quantitative estimate of drug-likeness (QED) is 0.890. The van der Waals surface area contributed by atoms with Gasteiger partial charge in [-0.25, -0.2) is 9.40 Å². The standard InChI is InChI=1S/C20H19FN2O3/c1-13-6-8-14(9-7-13)18-12-17(15-4-2-3-5-16(15)21)22-23(18)19(24)10-11-20(25)26/h2-9,18H,10-12H2,1H3,(H,25,26)/t18-/m1/s1. The van der Waals surface area contributed by atoms with E-state index in [1.54, 1.807) is 18.2 Å². The number of rotatable bonds is 5. The highest BCUT2D eigenvalue weighted by Crippen LogP contribution is 2.34. The van der Waals surface area contributed by atoms with Crippen molar-refractivity contribution in [2.24, 2.45) is 5.10 Å². The van der Waals surface area contributed by atoms with Crippen molar-refractivity contribution in [3.63, 3.8) is 0 Å². The van der Waals surface area contributed by atoms with Gasteiger partial charge in [-0.1, -0.05) is 48.0 Å². The molecule has 6 heteroatoms. The Morgan fingerprint density at radius 1 is 1.15 bits per heavy atom. The van der Waals surface area contributed by atoms with Crippen molar-refractivity contribution in [1.82, 2.24) is 5.01 Å². The normalized spacial score (nSPS) is 16.5. The van der Waals surface area contributed by atoms with E-state index in [1.807, 2.05) is 31.2 Å². The van der Waals surface area contributed by atoms with E-state index in [-0.39, 0.29) is 24.8 Å². The molecular weight excluding hydrogens is 335 g/mol. The Morgan fingerprint density at radius 3 is 2.50 bits per heavy atom. The third-order valence-corrected chi connectivity index (χ3v) is 4.37. The fourth-order valence-corrected chi connectivity index (χ4v) is 2.97. The van der Waals surface area contributed by atoms with Crippen molar-refractivity contribution in [2.45, 2.75) is 32.2 Å². The van der Waals surface area contributed by atoms with Crippen molar-refractivity contribution < 1.29 is 19.1 Å². The van der Waals surface area contributed by atoms with Gasteiger partial charge in [0.2, 0.25) is 5.91 Å². The molecule has 26 heavy (non-hydrogen) atoms. The number of aliphatic carboxylic acids is 1. The Bertz CT molecular complexity index is 862. The second-order valence-corrected chi connectivity index (χ2v) is 6.29. The van der Waals surface area contributed by atoms with Crippen LogP contribution >= 0.6 is 0 Å². The maximum atomic E-state index is 14.1. The molecule has 3 rings (SSSR count). The Hall–Kier alpha value is -3.02. The Labute approximate surface area is 150 Å². The number of hydrogen-bond donors (Lipinski definition) is 1. The topological polar surface area (TPSA) is 70.0 Å². The van der Waals surface area contributed by atoms with E-state index < -0.39 is 11.8 Å². The van der Waals surface area contributed by atoms with Crippen LogP contribution in [0.2, 0.25) is 0 Å². The van der Waals surface area contributed by atoms with Crippen molar-refractivity contribution in [2.75, 3.05) is 0 Å². The molecule has 0 aromatic heterocycles. The summed E-state index contributed by atoms with van der Waals surface area (Å²) in [6.07, 6.45) is -0.0327. The number of nitrogens with zero attached hydrogens (tertiary/aromatic N) is 2. The maximum Gasteiger partial charge on any atom is 0.303 e. The molecule has 5 nitrogen and oxygen atoms in total. The fraction of sp³-hybridized carbons (Fsp3) is 0.250. The molecular formula is C20H19FN2O3. The van der Waals surface area contributed by atoms with Crippen LogP contribution in [0.15, 0.2) is 53.6 Å². The van der Waals surface area contributed by atoms with Gasteiger partial charge in [-0.3, -0.25) is 9.59 Å². The summed E-state index contributed by atoms with van der Waals surface area (Å²) in [4.78, 5) is 23.3. The van der Waals surface area contributed by atoms with Crippen LogP contribution in [0.1, 0.15) is 42.0 Å². The van der Waals surface area contributed by atoms with Gasteiger partial charge >= 0.3 is 5.97 Å². The number of benzene rings is 2. The third kappa shape index (κ3) is 3.79. The summed E-state index contributed by atoms with van der Waals surface area (Å²) in [5.74, 6) is -1.82. The Morgan fingerprint density at radius 2 is 1.85 bits per heavy atom. The molecule has 0 saturated carbocycles. The van der Waals surface area contributed by atoms with Crippen molar-refractivity contribution in [1.29, 1.82) is 0 Å². The second-order valence-electron chi connectivity index (χ2n) is 6.29. The largest absolute Gasteiger partial charge is 0.481 e. The zero-order chi connectivity index (χ0) is 18.7. The number of hydrogen-bond acceptors (Lipinski definition) is 3. The molecule has 1 aliphatic rings. The predicted molar refractivity (Wildman–Crippen MR) is 95.2 cm³/mol. The molecule has 0 spiro atoms. The number of amides is 1. The number of halogens is 1. The summed E-state index contributed by atoms with van der Waals surface area (Å²) < 4.78 is 14.1. The molecule has 0 bridgehead atoms. The van der Waals surface area contributed by atoms with Crippen LogP contribution in [0.4, 0.5) is 4.39 Å². The Balaban J connectivity index is 1.93. The van der Waals surface area contributed by atoms with Crippen LogP contribution in [0.25, 0.3) is 0 Å². The van der Waals surface area contributed by atoms with E-state index >= 15 is 0 Å². The molecule has 134 valence electrons. The lowest BCUT2D eigenvalue weighted by atomic mass is 9.97. The summed E-state index contributed by atoms with van der Waals surface area (Å²) in [6, 6.07) is 13.6. The molecule has 1 aliphatic heterocycles. The lowest BCUT2D eigenvalue weighted by molar-refractivity contribution is -0.141. The van der Waals surface area contributed by atoms with E-state index in [0.29, 0.717) is 17.7 Å². The average molecular weight is 354 g/mol. The van der Waals surface area contributed by atoms with Gasteiger partial charge in [-0.05, 0) is 18.6 Å². The van der Waals surface area contributed by atoms with Gasteiger partial charge in [0.25, 0.3) is 0 Å². The van der Waals surface area contributed by atoms with Crippen LogP contribution in [-0.2, 0) is 9.59 Å². The number of carboxylic acids is 1. The van der Waals surface area contributed by atoms with Crippen molar-refractivity contribution in [3.8, 4) is 0 Å². The van der Waals surface area contributed by atoms with Gasteiger partial charge in [0.15, 0.2) is 0 Å². The molecule has 0 aliphatic carbocycles. The van der Waals surface area contributed by atoms with Crippen LogP contribution in [0.3, 0.4) is 0 Å². The lowest BCUT2D eigenvalue weighted by Crippen LogP contribution is -2.27. The van der Waals surface area contributed by atoms with Crippen molar-refractivity contribution in [3.05, 3.63) is 71.0 Å². The van der Waals surface area contributed by atoms with Gasteiger partial charge in [-0.15, -0.1) is 0 Å². The van der Waals surface area contributed by atoms with E-state index in [2.05, 4.69) is 5.10 Å². The monoisotopic (exact) mass is 354 g/mol. The molecule has 1 heterocycles. The van der Waals surface area contributed by atoms with Gasteiger partial charge < -0.3 is 5.11 Å². The fourth-order valence-electron chi connectivity index (χ4n) is 2.97. The van der Waals surface area contributed by atoms with Gasteiger partial charge in [-0.2, -0.15) is 5.10 Å². The zero-order valence-electron chi connectivity index (χ0n) is 14.4. The smallest absolute Gasteiger partial charge is 0.303 e. The summed E-state index contributed by atoms with van der Waals surface area (Å²) in [5.41, 5.74) is 2.82. The van der Waals surface area contributed by atoms with E-state index in [9.17, 15) is 14.0 Å². The predicted octanol–water partition coefficient (Wildman–Crippen LogP) is 3.68. The van der Waals surface area contributed by atoms with Crippen LogP contribution in [-0.4, -0.2) is 27.7 Å².